The van der Waals surface area contributed by atoms with E-state index in [2.05, 4.69) is 25.0 Å². The summed E-state index contributed by atoms with van der Waals surface area (Å²) >= 11 is 2.16. The third kappa shape index (κ3) is 5.24. The van der Waals surface area contributed by atoms with Crippen LogP contribution in [0.15, 0.2) is 40.3 Å². The van der Waals surface area contributed by atoms with E-state index in [1.807, 2.05) is 0 Å². The predicted octanol–water partition coefficient (Wildman–Crippen LogP) is 2.35. The van der Waals surface area contributed by atoms with Gasteiger partial charge in [0.2, 0.25) is 11.8 Å². The molecule has 30 heavy (non-hydrogen) atoms. The van der Waals surface area contributed by atoms with Gasteiger partial charge >= 0.3 is 5.97 Å². The van der Waals surface area contributed by atoms with Crippen LogP contribution >= 0.6 is 23.1 Å². The number of aromatic nitrogens is 3. The van der Waals surface area contributed by atoms with Crippen molar-refractivity contribution in [1.29, 1.82) is 0 Å². The number of thiazole rings is 1. The van der Waals surface area contributed by atoms with Crippen molar-refractivity contribution in [2.45, 2.75) is 18.5 Å². The van der Waals surface area contributed by atoms with Crippen LogP contribution in [0.1, 0.15) is 10.6 Å². The van der Waals surface area contributed by atoms with Crippen molar-refractivity contribution in [2.75, 3.05) is 18.2 Å². The summed E-state index contributed by atoms with van der Waals surface area (Å²) in [5.74, 6) is -1.22. The van der Waals surface area contributed by atoms with Crippen LogP contribution in [-0.2, 0) is 20.7 Å². The van der Waals surface area contributed by atoms with E-state index in [0.29, 0.717) is 21.3 Å². The van der Waals surface area contributed by atoms with E-state index in [0.717, 1.165) is 11.8 Å². The number of hydrogen-bond acceptors (Lipinski definition) is 9. The van der Waals surface area contributed by atoms with Crippen LogP contribution in [0.5, 0.6) is 5.88 Å². The number of benzene rings is 1. The molecule has 0 aliphatic heterocycles. The monoisotopic (exact) mass is 446 g/mol. The van der Waals surface area contributed by atoms with Crippen LogP contribution in [0, 0.1) is 6.92 Å². The summed E-state index contributed by atoms with van der Waals surface area (Å²) in [7, 11) is 1.31. The highest BCUT2D eigenvalue weighted by Gasteiger charge is 2.16. The van der Waals surface area contributed by atoms with Crippen molar-refractivity contribution in [3.8, 4) is 17.0 Å². The minimum Gasteiger partial charge on any atom is -0.493 e. The van der Waals surface area contributed by atoms with Crippen LogP contribution in [0.3, 0.4) is 0 Å². The molecule has 0 unspecified atom stereocenters. The molecule has 2 aromatic heterocycles. The van der Waals surface area contributed by atoms with E-state index >= 15 is 0 Å². The number of thioether (sulfide) groups is 1. The standard InChI is InChI=1S/C19H18N4O5S2/c1-10-12(8-14(25)28-2)30-19(20-10)21-13(24)9-29-18-22-16(26)15(17(27)23-18)11-6-4-3-5-7-11/h3-7H,8-9H2,1-2H3,(H,20,21,24)(H2,22,23,26,27). The molecule has 0 saturated carbocycles. The number of nitrogens with one attached hydrogen (secondary N) is 2. The van der Waals surface area contributed by atoms with Gasteiger partial charge < -0.3 is 20.1 Å². The summed E-state index contributed by atoms with van der Waals surface area (Å²) in [5, 5.41) is 13.3. The second kappa shape index (κ2) is 9.55. The molecule has 0 aliphatic rings. The van der Waals surface area contributed by atoms with Crippen LogP contribution in [-0.4, -0.2) is 44.8 Å². The molecule has 11 heteroatoms. The number of ether oxygens (including phenoxy) is 1. The molecule has 1 amide bonds. The topological polar surface area (TPSA) is 134 Å². The van der Waals surface area contributed by atoms with E-state index in [4.69, 9.17) is 0 Å². The Morgan fingerprint density at radius 2 is 2.00 bits per heavy atom. The maximum Gasteiger partial charge on any atom is 0.310 e. The second-order valence-corrected chi connectivity index (χ2v) is 8.10. The van der Waals surface area contributed by atoms with Gasteiger partial charge in [-0.05, 0) is 12.5 Å². The van der Waals surface area contributed by atoms with Gasteiger partial charge in [0.15, 0.2) is 10.3 Å². The molecule has 2 heterocycles. The first-order chi connectivity index (χ1) is 14.4. The SMILES string of the molecule is COC(=O)Cc1sc(NC(=O)CSc2nc(O)c(-c3ccccc3)c(=O)[nH]2)nc1C. The maximum absolute atomic E-state index is 12.3. The summed E-state index contributed by atoms with van der Waals surface area (Å²) in [6, 6.07) is 8.68. The molecule has 1 aromatic carbocycles. The lowest BCUT2D eigenvalue weighted by atomic mass is 10.1. The van der Waals surface area contributed by atoms with E-state index in [1.165, 1.54) is 18.4 Å². The van der Waals surface area contributed by atoms with Crippen LogP contribution in [0.4, 0.5) is 5.13 Å². The highest BCUT2D eigenvalue weighted by Crippen LogP contribution is 2.26. The third-order valence-corrected chi connectivity index (χ3v) is 5.90. The van der Waals surface area contributed by atoms with Gasteiger partial charge in [0.25, 0.3) is 5.56 Å². The summed E-state index contributed by atoms with van der Waals surface area (Å²) < 4.78 is 4.64. The van der Waals surface area contributed by atoms with E-state index in [9.17, 15) is 19.5 Å². The number of amides is 1. The molecule has 0 fully saturated rings. The molecule has 0 bridgehead atoms. The van der Waals surface area contributed by atoms with Crippen molar-refractivity contribution in [3.05, 3.63) is 51.3 Å². The number of aromatic hydroxyl groups is 1. The highest BCUT2D eigenvalue weighted by molar-refractivity contribution is 7.99. The van der Waals surface area contributed by atoms with Crippen molar-refractivity contribution >= 4 is 40.1 Å². The number of hydrogen-bond donors (Lipinski definition) is 3. The number of esters is 1. The average molecular weight is 447 g/mol. The lowest BCUT2D eigenvalue weighted by molar-refractivity contribution is -0.139. The number of H-pyrrole nitrogens is 1. The Morgan fingerprint density at radius 1 is 1.27 bits per heavy atom. The quantitative estimate of drug-likeness (QED) is 0.286. The van der Waals surface area contributed by atoms with Crippen LogP contribution in [0.25, 0.3) is 11.1 Å². The molecule has 3 rings (SSSR count). The van der Waals surface area contributed by atoms with Gasteiger partial charge in [-0.25, -0.2) is 4.98 Å². The molecule has 156 valence electrons. The molecule has 0 saturated heterocycles. The average Bonchev–Trinajstić information content (AvgIpc) is 3.05. The Kier molecular flexibility index (Phi) is 6.85. The van der Waals surface area contributed by atoms with Gasteiger partial charge in [0.05, 0.1) is 25.0 Å². The fourth-order valence-electron chi connectivity index (χ4n) is 2.51. The molecule has 3 aromatic rings. The van der Waals surface area contributed by atoms with Gasteiger partial charge in [-0.1, -0.05) is 42.1 Å². The van der Waals surface area contributed by atoms with Gasteiger partial charge in [-0.15, -0.1) is 11.3 Å². The lowest BCUT2D eigenvalue weighted by Gasteiger charge is -2.06. The van der Waals surface area contributed by atoms with Gasteiger partial charge in [-0.3, -0.25) is 14.4 Å². The molecule has 0 radical (unpaired) electrons. The van der Waals surface area contributed by atoms with Crippen molar-refractivity contribution in [3.63, 3.8) is 0 Å². The largest absolute Gasteiger partial charge is 0.493 e. The normalized spacial score (nSPS) is 10.6. The first kappa shape index (κ1) is 21.5. The van der Waals surface area contributed by atoms with E-state index in [1.54, 1.807) is 37.3 Å². The third-order valence-electron chi connectivity index (χ3n) is 3.95. The number of nitrogens with zero attached hydrogens (tertiary/aromatic N) is 2. The zero-order valence-corrected chi connectivity index (χ0v) is 17.7. The predicted molar refractivity (Wildman–Crippen MR) is 114 cm³/mol. The fourth-order valence-corrected chi connectivity index (χ4v) is 4.13. The number of anilines is 1. The van der Waals surface area contributed by atoms with Gasteiger partial charge in [0, 0.05) is 4.88 Å². The Hall–Kier alpha value is -3.18. The molecular formula is C19H18N4O5S2. The Morgan fingerprint density at radius 3 is 2.67 bits per heavy atom. The molecule has 9 nitrogen and oxygen atoms in total. The van der Waals surface area contributed by atoms with Gasteiger partial charge in [0.1, 0.15) is 5.56 Å². The first-order valence-electron chi connectivity index (χ1n) is 8.72. The highest BCUT2D eigenvalue weighted by atomic mass is 32.2. The Labute approximate surface area is 179 Å². The number of methoxy groups -OCH3 is 1. The summed E-state index contributed by atoms with van der Waals surface area (Å²) in [6.45, 7) is 1.74. The molecule has 0 spiro atoms. The first-order valence-corrected chi connectivity index (χ1v) is 10.5. The van der Waals surface area contributed by atoms with Gasteiger partial charge in [-0.2, -0.15) is 4.98 Å². The number of aromatic amines is 1. The molecule has 0 aliphatic carbocycles. The van der Waals surface area contributed by atoms with Crippen molar-refractivity contribution < 1.29 is 19.4 Å². The minimum atomic E-state index is -0.500. The smallest absolute Gasteiger partial charge is 0.310 e. The summed E-state index contributed by atoms with van der Waals surface area (Å²) in [5.41, 5.74) is 0.751. The van der Waals surface area contributed by atoms with E-state index < -0.39 is 11.4 Å². The van der Waals surface area contributed by atoms with Crippen molar-refractivity contribution in [1.82, 2.24) is 15.0 Å². The molecular weight excluding hydrogens is 428 g/mol. The summed E-state index contributed by atoms with van der Waals surface area (Å²) in [6.07, 6.45) is 0.0861. The molecule has 3 N–H and O–H groups in total. The van der Waals surface area contributed by atoms with Crippen LogP contribution in [0.2, 0.25) is 0 Å². The Balaban J connectivity index is 1.63. The van der Waals surface area contributed by atoms with Crippen molar-refractivity contribution in [2.24, 2.45) is 0 Å². The number of aryl methyl sites for hydroxylation is 1. The number of rotatable bonds is 7. The van der Waals surface area contributed by atoms with Crippen LogP contribution < -0.4 is 10.9 Å². The Bertz CT molecular complexity index is 1130. The minimum absolute atomic E-state index is 0.0575. The number of carbonyl (C=O) groups is 2. The zero-order chi connectivity index (χ0) is 21.7. The zero-order valence-electron chi connectivity index (χ0n) is 16.1. The molecule has 0 atom stereocenters. The lowest BCUT2D eigenvalue weighted by Crippen LogP contribution is -2.16. The second-order valence-electron chi connectivity index (χ2n) is 6.05. The summed E-state index contributed by atoms with van der Waals surface area (Å²) in [4.78, 5) is 47.4. The maximum atomic E-state index is 12.3. The fraction of sp³-hybridized carbons (Fsp3) is 0.211. The number of carbonyl (C=O) groups excluding carboxylic acids is 2. The van der Waals surface area contributed by atoms with E-state index in [-0.39, 0.29) is 34.8 Å².